The Morgan fingerprint density at radius 1 is 1.00 bits per heavy atom. The van der Waals surface area contributed by atoms with Crippen LogP contribution in [0.3, 0.4) is 0 Å². The maximum absolute atomic E-state index is 5.28. The van der Waals surface area contributed by atoms with Crippen LogP contribution in [0.4, 0.5) is 0 Å². The highest BCUT2D eigenvalue weighted by molar-refractivity contribution is 7.71. The van der Waals surface area contributed by atoms with Gasteiger partial charge in [-0.25, -0.2) is 4.98 Å². The van der Waals surface area contributed by atoms with Gasteiger partial charge in [0.2, 0.25) is 0 Å². The minimum Gasteiger partial charge on any atom is -0.337 e. The predicted molar refractivity (Wildman–Crippen MR) is 70.2 cm³/mol. The molecule has 2 aromatic heterocycles. The summed E-state index contributed by atoms with van der Waals surface area (Å²) in [7, 11) is 0. The van der Waals surface area contributed by atoms with Crippen LogP contribution in [-0.4, -0.2) is 15.0 Å². The molecule has 3 nitrogen and oxygen atoms in total. The standard InChI is InChI=1S/C13H9N3S/c17-13-12(7-15-8-16-13)10-3-1-2-9-4-5-14-6-11(9)10/h1-8H,(H,15,16,17). The minimum absolute atomic E-state index is 0.691. The predicted octanol–water partition coefficient (Wildman–Crippen LogP) is 3.35. The first-order chi connectivity index (χ1) is 8.36. The van der Waals surface area contributed by atoms with Crippen molar-refractivity contribution < 1.29 is 0 Å². The van der Waals surface area contributed by atoms with Crippen LogP contribution >= 0.6 is 12.2 Å². The van der Waals surface area contributed by atoms with Crippen LogP contribution in [0.15, 0.2) is 49.2 Å². The maximum atomic E-state index is 5.28. The van der Waals surface area contributed by atoms with E-state index in [-0.39, 0.29) is 0 Å². The van der Waals surface area contributed by atoms with Crippen LogP contribution in [0.5, 0.6) is 0 Å². The Morgan fingerprint density at radius 2 is 1.94 bits per heavy atom. The van der Waals surface area contributed by atoms with Gasteiger partial charge in [-0.1, -0.05) is 30.4 Å². The number of pyridine rings is 1. The molecule has 0 radical (unpaired) electrons. The number of benzene rings is 1. The molecule has 0 aliphatic carbocycles. The molecule has 3 rings (SSSR count). The van der Waals surface area contributed by atoms with Gasteiger partial charge >= 0.3 is 0 Å². The van der Waals surface area contributed by atoms with Crippen LogP contribution in [0, 0.1) is 4.64 Å². The highest BCUT2D eigenvalue weighted by Gasteiger charge is 2.05. The molecule has 4 heteroatoms. The van der Waals surface area contributed by atoms with Crippen molar-refractivity contribution in [2.45, 2.75) is 0 Å². The van der Waals surface area contributed by atoms with Crippen molar-refractivity contribution in [2.24, 2.45) is 0 Å². The molecule has 0 aliphatic rings. The van der Waals surface area contributed by atoms with Gasteiger partial charge in [0.05, 0.1) is 6.33 Å². The van der Waals surface area contributed by atoms with Crippen LogP contribution in [-0.2, 0) is 0 Å². The van der Waals surface area contributed by atoms with Crippen LogP contribution < -0.4 is 0 Å². The topological polar surface area (TPSA) is 41.6 Å². The highest BCUT2D eigenvalue weighted by atomic mass is 32.1. The average Bonchev–Trinajstić information content (AvgIpc) is 2.39. The fraction of sp³-hybridized carbons (Fsp3) is 0. The normalized spacial score (nSPS) is 10.6. The number of aromatic amines is 1. The van der Waals surface area contributed by atoms with Crippen molar-refractivity contribution in [1.29, 1.82) is 0 Å². The second-order valence-corrected chi connectivity index (χ2v) is 4.11. The summed E-state index contributed by atoms with van der Waals surface area (Å²) in [4.78, 5) is 11.2. The Bertz CT molecular complexity index is 728. The lowest BCUT2D eigenvalue weighted by Gasteiger charge is -2.05. The molecule has 1 N–H and O–H groups in total. The molecule has 1 aromatic carbocycles. The van der Waals surface area contributed by atoms with Gasteiger partial charge in [-0.15, -0.1) is 0 Å². The Kier molecular flexibility index (Phi) is 2.42. The third-order valence-electron chi connectivity index (χ3n) is 2.69. The van der Waals surface area contributed by atoms with Crippen molar-refractivity contribution >= 4 is 23.0 Å². The Morgan fingerprint density at radius 3 is 2.82 bits per heavy atom. The van der Waals surface area contributed by atoms with Gasteiger partial charge in [-0.2, -0.15) is 0 Å². The molecule has 0 spiro atoms. The van der Waals surface area contributed by atoms with E-state index in [9.17, 15) is 0 Å². The molecule has 0 saturated carbocycles. The number of hydrogen-bond acceptors (Lipinski definition) is 3. The molecule has 0 saturated heterocycles. The van der Waals surface area contributed by atoms with Crippen LogP contribution in [0.1, 0.15) is 0 Å². The molecule has 17 heavy (non-hydrogen) atoms. The van der Waals surface area contributed by atoms with Crippen molar-refractivity contribution in [3.8, 4) is 11.1 Å². The lowest BCUT2D eigenvalue weighted by atomic mass is 10.0. The zero-order valence-corrected chi connectivity index (χ0v) is 9.74. The zero-order valence-electron chi connectivity index (χ0n) is 8.92. The van der Waals surface area contributed by atoms with Crippen molar-refractivity contribution in [3.05, 3.63) is 53.8 Å². The molecule has 0 amide bonds. The fourth-order valence-electron chi connectivity index (χ4n) is 1.88. The van der Waals surface area contributed by atoms with E-state index in [2.05, 4.69) is 21.0 Å². The second-order valence-electron chi connectivity index (χ2n) is 3.70. The highest BCUT2D eigenvalue weighted by Crippen LogP contribution is 2.27. The maximum Gasteiger partial charge on any atom is 0.113 e. The van der Waals surface area contributed by atoms with Crippen molar-refractivity contribution in [1.82, 2.24) is 15.0 Å². The lowest BCUT2D eigenvalue weighted by Crippen LogP contribution is -1.87. The summed E-state index contributed by atoms with van der Waals surface area (Å²) in [5, 5.41) is 2.23. The van der Waals surface area contributed by atoms with E-state index in [0.29, 0.717) is 4.64 Å². The van der Waals surface area contributed by atoms with Crippen molar-refractivity contribution in [3.63, 3.8) is 0 Å². The minimum atomic E-state index is 0.691. The summed E-state index contributed by atoms with van der Waals surface area (Å²) >= 11 is 5.28. The van der Waals surface area contributed by atoms with Crippen LogP contribution in [0.25, 0.3) is 21.9 Å². The summed E-state index contributed by atoms with van der Waals surface area (Å²) < 4.78 is 0.691. The SMILES string of the molecule is S=c1[nH]cncc1-c1cccc2ccncc12. The van der Waals surface area contributed by atoms with E-state index in [0.717, 1.165) is 21.9 Å². The Balaban J connectivity index is 2.39. The summed E-state index contributed by atoms with van der Waals surface area (Å²) in [6.45, 7) is 0. The van der Waals surface area contributed by atoms with E-state index in [1.165, 1.54) is 0 Å². The van der Waals surface area contributed by atoms with Gasteiger partial charge in [0, 0.05) is 29.5 Å². The Hall–Kier alpha value is -2.07. The van der Waals surface area contributed by atoms with Gasteiger partial charge < -0.3 is 4.98 Å². The molecule has 0 bridgehead atoms. The smallest absolute Gasteiger partial charge is 0.113 e. The molecular weight excluding hydrogens is 230 g/mol. The average molecular weight is 239 g/mol. The number of aromatic nitrogens is 3. The number of fused-ring (bicyclic) bond motifs is 1. The third kappa shape index (κ3) is 1.72. The van der Waals surface area contributed by atoms with Gasteiger partial charge in [-0.3, -0.25) is 4.98 Å². The van der Waals surface area contributed by atoms with E-state index < -0.39 is 0 Å². The molecule has 82 valence electrons. The quantitative estimate of drug-likeness (QED) is 0.662. The number of nitrogens with one attached hydrogen (secondary N) is 1. The zero-order chi connectivity index (χ0) is 11.7. The summed E-state index contributed by atoms with van der Waals surface area (Å²) in [5.41, 5.74) is 1.99. The first-order valence-electron chi connectivity index (χ1n) is 5.22. The molecule has 0 fully saturated rings. The Labute approximate surface area is 103 Å². The van der Waals surface area contributed by atoms with Gasteiger partial charge in [0.1, 0.15) is 4.64 Å². The first kappa shape index (κ1) is 10.1. The van der Waals surface area contributed by atoms with Crippen molar-refractivity contribution in [2.75, 3.05) is 0 Å². The molecule has 2 heterocycles. The summed E-state index contributed by atoms with van der Waals surface area (Å²) in [6, 6.07) is 8.09. The van der Waals surface area contributed by atoms with Gasteiger partial charge in [0.15, 0.2) is 0 Å². The first-order valence-corrected chi connectivity index (χ1v) is 5.63. The second kappa shape index (κ2) is 4.07. The molecular formula is C13H9N3S. The van der Waals surface area contributed by atoms with Gasteiger partial charge in [0.25, 0.3) is 0 Å². The summed E-state index contributed by atoms with van der Waals surface area (Å²) in [6.07, 6.45) is 7.01. The largest absolute Gasteiger partial charge is 0.337 e. The van der Waals surface area contributed by atoms with E-state index in [4.69, 9.17) is 12.2 Å². The molecule has 0 atom stereocenters. The number of nitrogens with zero attached hydrogens (tertiary/aromatic N) is 2. The van der Waals surface area contributed by atoms with Gasteiger partial charge in [-0.05, 0) is 17.0 Å². The van der Waals surface area contributed by atoms with Crippen LogP contribution in [0.2, 0.25) is 0 Å². The molecule has 0 unspecified atom stereocenters. The van der Waals surface area contributed by atoms with E-state index in [1.807, 2.05) is 24.4 Å². The third-order valence-corrected chi connectivity index (χ3v) is 3.03. The monoisotopic (exact) mass is 239 g/mol. The van der Waals surface area contributed by atoms with E-state index in [1.54, 1.807) is 18.7 Å². The fourth-order valence-corrected chi connectivity index (χ4v) is 2.10. The number of hydrogen-bond donors (Lipinski definition) is 1. The number of rotatable bonds is 1. The molecule has 3 aromatic rings. The summed E-state index contributed by atoms with van der Waals surface area (Å²) in [5.74, 6) is 0. The van der Waals surface area contributed by atoms with E-state index >= 15 is 0 Å². The molecule has 0 aliphatic heterocycles. The lowest BCUT2D eigenvalue weighted by molar-refractivity contribution is 1.15. The number of H-pyrrole nitrogens is 1.